The molecule has 2 aliphatic rings. The van der Waals surface area contributed by atoms with E-state index < -0.39 is 0 Å². The summed E-state index contributed by atoms with van der Waals surface area (Å²) in [5.41, 5.74) is 4.91. The second kappa shape index (κ2) is 8.68. The number of amides is 1. The molecule has 5 rings (SSSR count). The molecule has 0 unspecified atom stereocenters. The van der Waals surface area contributed by atoms with Gasteiger partial charge in [0.2, 0.25) is 0 Å². The van der Waals surface area contributed by atoms with E-state index in [0.717, 1.165) is 48.8 Å². The van der Waals surface area contributed by atoms with Gasteiger partial charge in [0.05, 0.1) is 31.2 Å². The molecule has 0 aliphatic carbocycles. The minimum Gasteiger partial charge on any atom is -0.378 e. The van der Waals surface area contributed by atoms with Crippen LogP contribution in [-0.2, 0) is 9.47 Å². The number of hydrogen-bond acceptors (Lipinski definition) is 7. The number of carbonyl (C=O) groups is 1. The molecule has 9 heteroatoms. The Balaban J connectivity index is 1.39. The second-order valence-corrected chi connectivity index (χ2v) is 8.09. The van der Waals surface area contributed by atoms with E-state index in [1.54, 1.807) is 18.2 Å². The molecule has 0 atom stereocenters. The summed E-state index contributed by atoms with van der Waals surface area (Å²) in [4.78, 5) is 33.5. The molecule has 5 heterocycles. The number of nitrogens with one attached hydrogen (secondary N) is 1. The SMILES string of the molecule is COC1CN(C(=O)c2nc(-c3cc(-c4cncc(N5CCOCC5)c4)ccn3)[nH]c2C)C1. The summed E-state index contributed by atoms with van der Waals surface area (Å²) in [6.45, 7) is 6.22. The van der Waals surface area contributed by atoms with Crippen LogP contribution in [0, 0.1) is 6.92 Å². The summed E-state index contributed by atoms with van der Waals surface area (Å²) in [5.74, 6) is 0.491. The first-order valence-corrected chi connectivity index (χ1v) is 10.8. The quantitative estimate of drug-likeness (QED) is 0.657. The third-order valence-electron chi connectivity index (χ3n) is 5.99. The predicted molar refractivity (Wildman–Crippen MR) is 120 cm³/mol. The number of anilines is 1. The van der Waals surface area contributed by atoms with Crippen molar-refractivity contribution in [3.05, 3.63) is 48.2 Å². The van der Waals surface area contributed by atoms with Crippen LogP contribution in [0.25, 0.3) is 22.6 Å². The maximum absolute atomic E-state index is 12.8. The largest absolute Gasteiger partial charge is 0.378 e. The molecule has 0 aromatic carbocycles. The van der Waals surface area contributed by atoms with Crippen molar-refractivity contribution in [3.63, 3.8) is 0 Å². The number of rotatable bonds is 5. The van der Waals surface area contributed by atoms with Gasteiger partial charge in [0.15, 0.2) is 5.82 Å². The van der Waals surface area contributed by atoms with E-state index in [0.29, 0.717) is 30.3 Å². The van der Waals surface area contributed by atoms with E-state index >= 15 is 0 Å². The van der Waals surface area contributed by atoms with Crippen LogP contribution in [0.4, 0.5) is 5.69 Å². The van der Waals surface area contributed by atoms with E-state index in [2.05, 4.69) is 30.9 Å². The predicted octanol–water partition coefficient (Wildman–Crippen LogP) is 2.15. The van der Waals surface area contributed by atoms with Crippen LogP contribution in [0.3, 0.4) is 0 Å². The van der Waals surface area contributed by atoms with Gasteiger partial charge in [-0.25, -0.2) is 4.98 Å². The summed E-state index contributed by atoms with van der Waals surface area (Å²) in [5, 5.41) is 0. The Bertz CT molecular complexity index is 1120. The highest BCUT2D eigenvalue weighted by Gasteiger charge is 2.33. The lowest BCUT2D eigenvalue weighted by Crippen LogP contribution is -2.54. The number of nitrogens with zero attached hydrogens (tertiary/aromatic N) is 5. The van der Waals surface area contributed by atoms with Crippen molar-refractivity contribution in [1.29, 1.82) is 0 Å². The highest BCUT2D eigenvalue weighted by molar-refractivity contribution is 5.94. The van der Waals surface area contributed by atoms with Gasteiger partial charge in [0.1, 0.15) is 11.4 Å². The number of aromatic amines is 1. The number of pyridine rings is 2. The van der Waals surface area contributed by atoms with E-state index in [-0.39, 0.29) is 12.0 Å². The molecule has 2 aliphatic heterocycles. The van der Waals surface area contributed by atoms with Crippen molar-refractivity contribution in [2.45, 2.75) is 13.0 Å². The normalized spacial score (nSPS) is 16.8. The summed E-state index contributed by atoms with van der Waals surface area (Å²) in [6, 6.07) is 6.06. The average Bonchev–Trinajstić information content (AvgIpc) is 3.21. The highest BCUT2D eigenvalue weighted by Crippen LogP contribution is 2.27. The Morgan fingerprint density at radius 3 is 2.78 bits per heavy atom. The second-order valence-electron chi connectivity index (χ2n) is 8.09. The molecule has 32 heavy (non-hydrogen) atoms. The zero-order chi connectivity index (χ0) is 22.1. The molecular weight excluding hydrogens is 408 g/mol. The van der Waals surface area contributed by atoms with Crippen molar-refractivity contribution >= 4 is 11.6 Å². The van der Waals surface area contributed by atoms with E-state index in [4.69, 9.17) is 9.47 Å². The zero-order valence-corrected chi connectivity index (χ0v) is 18.2. The Morgan fingerprint density at radius 2 is 2.00 bits per heavy atom. The first-order valence-electron chi connectivity index (χ1n) is 10.8. The third-order valence-corrected chi connectivity index (χ3v) is 5.99. The fourth-order valence-electron chi connectivity index (χ4n) is 4.01. The van der Waals surface area contributed by atoms with E-state index in [9.17, 15) is 4.79 Å². The first-order chi connectivity index (χ1) is 15.6. The molecule has 0 bridgehead atoms. The summed E-state index contributed by atoms with van der Waals surface area (Å²) < 4.78 is 10.7. The maximum atomic E-state index is 12.8. The van der Waals surface area contributed by atoms with Crippen LogP contribution < -0.4 is 4.90 Å². The molecule has 3 aromatic heterocycles. The third kappa shape index (κ3) is 3.96. The number of carbonyl (C=O) groups excluding carboxylic acids is 1. The monoisotopic (exact) mass is 434 g/mol. The van der Waals surface area contributed by atoms with Gasteiger partial charge < -0.3 is 24.3 Å². The molecule has 0 spiro atoms. The molecule has 0 saturated carbocycles. The molecule has 0 radical (unpaired) electrons. The molecule has 1 N–H and O–H groups in total. The van der Waals surface area contributed by atoms with Crippen molar-refractivity contribution in [2.75, 3.05) is 51.4 Å². The standard InChI is InChI=1S/C23H26N6O3/c1-15-21(23(30)29-13-19(14-29)31-2)27-22(26-15)20-10-16(3-4-25-20)17-9-18(12-24-11-17)28-5-7-32-8-6-28/h3-4,9-12,19H,5-8,13-14H2,1-2H3,(H,26,27). The molecule has 2 fully saturated rings. The van der Waals surface area contributed by atoms with Gasteiger partial charge in [-0.2, -0.15) is 0 Å². The van der Waals surface area contributed by atoms with Crippen LogP contribution >= 0.6 is 0 Å². The fourth-order valence-corrected chi connectivity index (χ4v) is 4.01. The van der Waals surface area contributed by atoms with Crippen LogP contribution in [0.15, 0.2) is 36.8 Å². The van der Waals surface area contributed by atoms with Gasteiger partial charge in [0, 0.05) is 56.9 Å². The maximum Gasteiger partial charge on any atom is 0.274 e. The number of hydrogen-bond donors (Lipinski definition) is 1. The molecular formula is C23H26N6O3. The Hall–Kier alpha value is -3.30. The number of H-pyrrole nitrogens is 1. The lowest BCUT2D eigenvalue weighted by atomic mass is 10.1. The van der Waals surface area contributed by atoms with Crippen molar-refractivity contribution in [2.24, 2.45) is 0 Å². The van der Waals surface area contributed by atoms with Crippen LogP contribution in [0.5, 0.6) is 0 Å². The fraction of sp³-hybridized carbons (Fsp3) is 0.391. The topological polar surface area (TPSA) is 96.5 Å². The van der Waals surface area contributed by atoms with Gasteiger partial charge >= 0.3 is 0 Å². The molecule has 1 amide bonds. The van der Waals surface area contributed by atoms with E-state index in [1.165, 1.54) is 0 Å². The summed E-state index contributed by atoms with van der Waals surface area (Å²) >= 11 is 0. The first kappa shape index (κ1) is 20.6. The number of aromatic nitrogens is 4. The summed E-state index contributed by atoms with van der Waals surface area (Å²) in [7, 11) is 1.66. The summed E-state index contributed by atoms with van der Waals surface area (Å²) in [6.07, 6.45) is 5.60. The van der Waals surface area contributed by atoms with Gasteiger partial charge in [-0.1, -0.05) is 0 Å². The number of ether oxygens (including phenoxy) is 2. The van der Waals surface area contributed by atoms with Crippen LogP contribution in [0.1, 0.15) is 16.2 Å². The lowest BCUT2D eigenvalue weighted by molar-refractivity contribution is -0.0194. The minimum absolute atomic E-state index is 0.0862. The Labute approximate surface area is 186 Å². The Morgan fingerprint density at radius 1 is 1.19 bits per heavy atom. The molecule has 9 nitrogen and oxygen atoms in total. The van der Waals surface area contributed by atoms with Crippen LogP contribution in [-0.4, -0.2) is 83.3 Å². The smallest absolute Gasteiger partial charge is 0.274 e. The Kier molecular flexibility index (Phi) is 5.59. The van der Waals surface area contributed by atoms with Gasteiger partial charge in [-0.15, -0.1) is 0 Å². The molecule has 166 valence electrons. The van der Waals surface area contributed by atoms with Gasteiger partial charge in [-0.05, 0) is 30.7 Å². The number of methoxy groups -OCH3 is 1. The lowest BCUT2D eigenvalue weighted by Gasteiger charge is -2.37. The molecule has 3 aromatic rings. The van der Waals surface area contributed by atoms with Crippen LogP contribution in [0.2, 0.25) is 0 Å². The number of aryl methyl sites for hydroxylation is 1. The number of morpholine rings is 1. The van der Waals surface area contributed by atoms with Crippen molar-refractivity contribution in [3.8, 4) is 22.6 Å². The van der Waals surface area contributed by atoms with E-state index in [1.807, 2.05) is 31.5 Å². The van der Waals surface area contributed by atoms with Gasteiger partial charge in [-0.3, -0.25) is 14.8 Å². The highest BCUT2D eigenvalue weighted by atomic mass is 16.5. The van der Waals surface area contributed by atoms with Crippen molar-refractivity contribution in [1.82, 2.24) is 24.8 Å². The number of imidazole rings is 1. The number of likely N-dealkylation sites (tertiary alicyclic amines) is 1. The van der Waals surface area contributed by atoms with Crippen molar-refractivity contribution < 1.29 is 14.3 Å². The average molecular weight is 435 g/mol. The molecule has 2 saturated heterocycles. The van der Waals surface area contributed by atoms with Gasteiger partial charge in [0.25, 0.3) is 5.91 Å². The zero-order valence-electron chi connectivity index (χ0n) is 18.2. The minimum atomic E-state index is -0.0862.